The van der Waals surface area contributed by atoms with E-state index < -0.39 is 4.92 Å². The number of hydrogen-bond acceptors (Lipinski definition) is 5. The lowest BCUT2D eigenvalue weighted by molar-refractivity contribution is -0.383. The molecule has 0 spiro atoms. The van der Waals surface area contributed by atoms with Gasteiger partial charge in [0.15, 0.2) is 0 Å². The number of nitro benzene ring substituents is 1. The van der Waals surface area contributed by atoms with Gasteiger partial charge in [0, 0.05) is 25.8 Å². The van der Waals surface area contributed by atoms with E-state index in [1.807, 2.05) is 0 Å². The molecule has 7 heteroatoms. The molecular formula is C13H17N3O4. The number of nitrogen functional groups attached to an aromatic ring is 1. The first-order valence-electron chi connectivity index (χ1n) is 6.47. The second kappa shape index (κ2) is 5.87. The van der Waals surface area contributed by atoms with Crippen LogP contribution in [0.1, 0.15) is 23.2 Å². The van der Waals surface area contributed by atoms with Gasteiger partial charge >= 0.3 is 0 Å². The molecule has 1 saturated heterocycles. The Balaban J connectivity index is 2.18. The quantitative estimate of drug-likeness (QED) is 0.487. The lowest BCUT2D eigenvalue weighted by Gasteiger charge is -2.31. The Bertz CT molecular complexity index is 524. The Hall–Kier alpha value is -2.15. The zero-order valence-electron chi connectivity index (χ0n) is 11.0. The molecule has 108 valence electrons. The fourth-order valence-electron chi connectivity index (χ4n) is 2.39. The summed E-state index contributed by atoms with van der Waals surface area (Å²) in [5.74, 6) is -0.0657. The largest absolute Gasteiger partial charge is 0.396 e. The van der Waals surface area contributed by atoms with Crippen molar-refractivity contribution in [1.29, 1.82) is 0 Å². The molecule has 7 nitrogen and oxygen atoms in total. The molecule has 1 heterocycles. The summed E-state index contributed by atoms with van der Waals surface area (Å²) in [6.07, 6.45) is 1.47. The molecule has 0 radical (unpaired) electrons. The molecule has 0 bridgehead atoms. The van der Waals surface area contributed by atoms with Crippen LogP contribution in [0.2, 0.25) is 0 Å². The lowest BCUT2D eigenvalue weighted by atomic mass is 9.97. The van der Waals surface area contributed by atoms with Crippen molar-refractivity contribution in [2.24, 2.45) is 5.92 Å². The summed E-state index contributed by atoms with van der Waals surface area (Å²) in [6, 6.07) is 4.25. The fraction of sp³-hybridized carbons (Fsp3) is 0.462. The topological polar surface area (TPSA) is 110 Å². The summed E-state index contributed by atoms with van der Waals surface area (Å²) in [6.45, 7) is 1.19. The number of benzene rings is 1. The van der Waals surface area contributed by atoms with E-state index in [1.54, 1.807) is 4.90 Å². The van der Waals surface area contributed by atoms with Crippen LogP contribution in [0.3, 0.4) is 0 Å². The van der Waals surface area contributed by atoms with E-state index in [0.29, 0.717) is 13.1 Å². The van der Waals surface area contributed by atoms with E-state index in [-0.39, 0.29) is 35.4 Å². The molecule has 1 aromatic carbocycles. The first-order chi connectivity index (χ1) is 9.54. The molecule has 0 unspecified atom stereocenters. The Morgan fingerprint density at radius 2 is 2.10 bits per heavy atom. The lowest BCUT2D eigenvalue weighted by Crippen LogP contribution is -2.39. The number of carbonyl (C=O) groups excluding carboxylic acids is 1. The standard InChI is InChI=1S/C13H17N3O4/c14-12-10(2-1-3-11(12)16(19)20)13(18)15-6-4-9(8-17)5-7-15/h1-3,9,17H,4-8,14H2. The second-order valence-corrected chi connectivity index (χ2v) is 4.91. The number of aliphatic hydroxyl groups excluding tert-OH is 1. The van der Waals surface area contributed by atoms with Crippen molar-refractivity contribution in [3.05, 3.63) is 33.9 Å². The zero-order valence-corrected chi connectivity index (χ0v) is 11.0. The molecule has 3 N–H and O–H groups in total. The van der Waals surface area contributed by atoms with E-state index in [2.05, 4.69) is 0 Å². The maximum absolute atomic E-state index is 12.4. The number of para-hydroxylation sites is 1. The molecule has 1 fully saturated rings. The van der Waals surface area contributed by atoms with E-state index >= 15 is 0 Å². The number of nitrogens with zero attached hydrogens (tertiary/aromatic N) is 2. The van der Waals surface area contributed by atoms with Gasteiger partial charge < -0.3 is 15.7 Å². The highest BCUT2D eigenvalue weighted by molar-refractivity contribution is 6.01. The van der Waals surface area contributed by atoms with E-state index in [9.17, 15) is 14.9 Å². The van der Waals surface area contributed by atoms with Crippen LogP contribution >= 0.6 is 0 Å². The van der Waals surface area contributed by atoms with Crippen LogP contribution in [0.4, 0.5) is 11.4 Å². The predicted octanol–water partition coefficient (Wildman–Crippen LogP) is 1.02. The number of amides is 1. The van der Waals surface area contributed by atoms with Gasteiger partial charge in [-0.1, -0.05) is 6.07 Å². The van der Waals surface area contributed by atoms with Gasteiger partial charge in [-0.25, -0.2) is 0 Å². The van der Waals surface area contributed by atoms with Gasteiger partial charge in [-0.15, -0.1) is 0 Å². The van der Waals surface area contributed by atoms with Gasteiger partial charge in [-0.3, -0.25) is 14.9 Å². The van der Waals surface area contributed by atoms with E-state index in [1.165, 1.54) is 18.2 Å². The molecule has 2 rings (SSSR count). The minimum atomic E-state index is -0.593. The van der Waals surface area contributed by atoms with E-state index in [4.69, 9.17) is 10.8 Å². The second-order valence-electron chi connectivity index (χ2n) is 4.91. The number of rotatable bonds is 3. The molecular weight excluding hydrogens is 262 g/mol. The molecule has 1 amide bonds. The third-order valence-electron chi connectivity index (χ3n) is 3.67. The van der Waals surface area contributed by atoms with Gasteiger partial charge in [0.2, 0.25) is 0 Å². The van der Waals surface area contributed by atoms with Crippen LogP contribution in [-0.2, 0) is 0 Å². The summed E-state index contributed by atoms with van der Waals surface area (Å²) in [5.41, 5.74) is 5.54. The maximum atomic E-state index is 12.4. The van der Waals surface area contributed by atoms with Crippen LogP contribution in [-0.4, -0.2) is 40.5 Å². The van der Waals surface area contributed by atoms with Gasteiger partial charge in [-0.2, -0.15) is 0 Å². The molecule has 1 aromatic rings. The van der Waals surface area contributed by atoms with Crippen LogP contribution in [0.25, 0.3) is 0 Å². The summed E-state index contributed by atoms with van der Waals surface area (Å²) in [7, 11) is 0. The van der Waals surface area contributed by atoms with Crippen LogP contribution in [0.15, 0.2) is 18.2 Å². The molecule has 0 atom stereocenters. The number of nitrogens with two attached hydrogens (primary N) is 1. The van der Waals surface area contributed by atoms with Gasteiger partial charge in [0.25, 0.3) is 11.6 Å². The molecule has 1 aliphatic heterocycles. The SMILES string of the molecule is Nc1c(C(=O)N2CCC(CO)CC2)cccc1[N+](=O)[O-]. The monoisotopic (exact) mass is 279 g/mol. The smallest absolute Gasteiger partial charge is 0.292 e. The van der Waals surface area contributed by atoms with Gasteiger partial charge in [0.1, 0.15) is 5.69 Å². The van der Waals surface area contributed by atoms with Crippen molar-refractivity contribution >= 4 is 17.3 Å². The van der Waals surface area contributed by atoms with Crippen LogP contribution < -0.4 is 5.73 Å². The van der Waals surface area contributed by atoms with Crippen molar-refractivity contribution in [3.63, 3.8) is 0 Å². The number of piperidine rings is 1. The minimum absolute atomic E-state index is 0.0909. The molecule has 1 aliphatic rings. The van der Waals surface area contributed by atoms with Crippen molar-refractivity contribution in [3.8, 4) is 0 Å². The Morgan fingerprint density at radius 1 is 1.45 bits per heavy atom. The number of anilines is 1. The fourth-order valence-corrected chi connectivity index (χ4v) is 2.39. The zero-order chi connectivity index (χ0) is 14.7. The third kappa shape index (κ3) is 2.72. The average molecular weight is 279 g/mol. The predicted molar refractivity (Wildman–Crippen MR) is 73.2 cm³/mol. The molecule has 20 heavy (non-hydrogen) atoms. The van der Waals surface area contributed by atoms with Gasteiger partial charge in [-0.05, 0) is 24.8 Å². The number of hydrogen-bond donors (Lipinski definition) is 2. The molecule has 0 aliphatic carbocycles. The Kier molecular flexibility index (Phi) is 4.19. The number of likely N-dealkylation sites (tertiary alicyclic amines) is 1. The number of aliphatic hydroxyl groups is 1. The summed E-state index contributed by atoms with van der Waals surface area (Å²) < 4.78 is 0. The first kappa shape index (κ1) is 14.3. The number of nitro groups is 1. The first-order valence-corrected chi connectivity index (χ1v) is 6.47. The van der Waals surface area contributed by atoms with Crippen molar-refractivity contribution in [2.75, 3.05) is 25.4 Å². The maximum Gasteiger partial charge on any atom is 0.292 e. The highest BCUT2D eigenvalue weighted by Crippen LogP contribution is 2.27. The average Bonchev–Trinajstić information content (AvgIpc) is 2.46. The normalized spacial score (nSPS) is 16.1. The summed E-state index contributed by atoms with van der Waals surface area (Å²) >= 11 is 0. The van der Waals surface area contributed by atoms with Crippen LogP contribution in [0, 0.1) is 16.0 Å². The molecule has 0 saturated carbocycles. The highest BCUT2D eigenvalue weighted by atomic mass is 16.6. The Morgan fingerprint density at radius 3 is 2.65 bits per heavy atom. The number of carbonyl (C=O) groups is 1. The van der Waals surface area contributed by atoms with Crippen molar-refractivity contribution in [2.45, 2.75) is 12.8 Å². The summed E-state index contributed by atoms with van der Waals surface area (Å²) in [4.78, 5) is 24.2. The van der Waals surface area contributed by atoms with Crippen LogP contribution in [0.5, 0.6) is 0 Å². The van der Waals surface area contributed by atoms with Crippen molar-refractivity contribution < 1.29 is 14.8 Å². The highest BCUT2D eigenvalue weighted by Gasteiger charge is 2.26. The van der Waals surface area contributed by atoms with E-state index in [0.717, 1.165) is 12.8 Å². The molecule has 0 aromatic heterocycles. The Labute approximate surface area is 116 Å². The van der Waals surface area contributed by atoms with Crippen molar-refractivity contribution in [1.82, 2.24) is 4.90 Å². The van der Waals surface area contributed by atoms with Gasteiger partial charge in [0.05, 0.1) is 10.5 Å². The summed E-state index contributed by atoms with van der Waals surface area (Å²) in [5, 5.41) is 19.9. The third-order valence-corrected chi connectivity index (χ3v) is 3.67. The minimum Gasteiger partial charge on any atom is -0.396 e.